The van der Waals surface area contributed by atoms with Crippen LogP contribution in [-0.4, -0.2) is 65.0 Å². The van der Waals surface area contributed by atoms with Crippen molar-refractivity contribution in [2.24, 2.45) is 0 Å². The topological polar surface area (TPSA) is 84.9 Å². The molecule has 2 heterocycles. The van der Waals surface area contributed by atoms with Crippen molar-refractivity contribution < 1.29 is 23.9 Å². The van der Waals surface area contributed by atoms with Crippen LogP contribution in [0.25, 0.3) is 0 Å². The maximum Gasteiger partial charge on any atom is 0.408 e. The Morgan fingerprint density at radius 2 is 1.94 bits per heavy atom. The Bertz CT molecular complexity index is 828. The fraction of sp³-hybridized carbons (Fsp3) is 0.609. The van der Waals surface area contributed by atoms with Crippen molar-refractivity contribution in [1.29, 1.82) is 0 Å². The molecule has 0 aromatic heterocycles. The third-order valence-corrected chi connectivity index (χ3v) is 6.23. The molecule has 170 valence electrons. The number of likely N-dealkylation sites (tertiary alicyclic amines) is 1. The summed E-state index contributed by atoms with van der Waals surface area (Å²) in [7, 11) is 0. The molecule has 2 aliphatic rings. The summed E-state index contributed by atoms with van der Waals surface area (Å²) in [6.07, 6.45) is 3.41. The van der Waals surface area contributed by atoms with E-state index in [2.05, 4.69) is 5.32 Å². The van der Waals surface area contributed by atoms with Gasteiger partial charge < -0.3 is 19.7 Å². The Kier molecular flexibility index (Phi) is 7.19. The molecule has 2 aliphatic heterocycles. The van der Waals surface area contributed by atoms with Gasteiger partial charge in [0, 0.05) is 25.9 Å². The summed E-state index contributed by atoms with van der Waals surface area (Å²) in [6.45, 7) is 6.34. The Hall–Kier alpha value is -2.22. The van der Waals surface area contributed by atoms with Crippen LogP contribution in [0.2, 0.25) is 0 Å². The number of ether oxygens (including phenoxy) is 2. The minimum absolute atomic E-state index is 0.0890. The van der Waals surface area contributed by atoms with Crippen LogP contribution in [0.3, 0.4) is 0 Å². The third kappa shape index (κ3) is 5.93. The number of thioether (sulfide) groups is 1. The first-order valence-electron chi connectivity index (χ1n) is 10.7. The number of fused-ring (bicyclic) bond motifs is 1. The molecule has 1 fully saturated rings. The van der Waals surface area contributed by atoms with Gasteiger partial charge >= 0.3 is 6.09 Å². The smallest absolute Gasteiger partial charge is 0.408 e. The van der Waals surface area contributed by atoms with E-state index in [9.17, 15) is 14.4 Å². The Morgan fingerprint density at radius 1 is 1.26 bits per heavy atom. The second kappa shape index (κ2) is 9.51. The number of piperidine rings is 1. The van der Waals surface area contributed by atoms with Crippen molar-refractivity contribution in [3.8, 4) is 5.75 Å². The average Bonchev–Trinajstić information content (AvgIpc) is 2.70. The van der Waals surface area contributed by atoms with Crippen LogP contribution in [0.4, 0.5) is 4.79 Å². The SMILES string of the molecule is CSCCC(NC(=O)OC(C)(C)C)C(=O)N1CCC2(CC1)CC(=O)c1ccccc1O2. The second-order valence-electron chi connectivity index (χ2n) is 9.19. The molecule has 2 amide bonds. The molecule has 0 aliphatic carbocycles. The molecule has 0 saturated carbocycles. The van der Waals surface area contributed by atoms with Gasteiger partial charge in [0.25, 0.3) is 0 Å². The van der Waals surface area contributed by atoms with E-state index in [1.54, 1.807) is 43.5 Å². The van der Waals surface area contributed by atoms with Crippen molar-refractivity contribution in [3.05, 3.63) is 29.8 Å². The number of benzene rings is 1. The first kappa shape index (κ1) is 23.4. The lowest BCUT2D eigenvalue weighted by Gasteiger charge is -2.44. The van der Waals surface area contributed by atoms with Crippen LogP contribution in [0.5, 0.6) is 5.75 Å². The van der Waals surface area contributed by atoms with Gasteiger partial charge in [0.2, 0.25) is 5.91 Å². The first-order valence-corrected chi connectivity index (χ1v) is 12.1. The molecule has 3 rings (SSSR count). The number of hydrogen-bond donors (Lipinski definition) is 1. The molecular formula is C23H32N2O5S. The molecule has 31 heavy (non-hydrogen) atoms. The van der Waals surface area contributed by atoms with Crippen molar-refractivity contribution in [3.63, 3.8) is 0 Å². The molecule has 1 atom stereocenters. The van der Waals surface area contributed by atoms with Gasteiger partial charge in [-0.25, -0.2) is 4.79 Å². The summed E-state index contributed by atoms with van der Waals surface area (Å²) in [5, 5.41) is 2.75. The van der Waals surface area contributed by atoms with Crippen LogP contribution >= 0.6 is 11.8 Å². The van der Waals surface area contributed by atoms with Crippen LogP contribution in [-0.2, 0) is 9.53 Å². The zero-order valence-corrected chi connectivity index (χ0v) is 19.5. The number of amides is 2. The number of para-hydroxylation sites is 1. The Balaban J connectivity index is 1.63. The predicted octanol–water partition coefficient (Wildman–Crippen LogP) is 3.66. The lowest BCUT2D eigenvalue weighted by molar-refractivity contribution is -0.137. The monoisotopic (exact) mass is 448 g/mol. The van der Waals surface area contributed by atoms with Gasteiger partial charge in [0.05, 0.1) is 12.0 Å². The van der Waals surface area contributed by atoms with E-state index in [0.717, 1.165) is 5.75 Å². The number of carbonyl (C=O) groups is 3. The quantitative estimate of drug-likeness (QED) is 0.740. The molecule has 0 radical (unpaired) electrons. The lowest BCUT2D eigenvalue weighted by Crippen LogP contribution is -2.56. The van der Waals surface area contributed by atoms with E-state index in [0.29, 0.717) is 50.1 Å². The standard InChI is InChI=1S/C23H32N2O5S/c1-22(2,3)30-21(28)24-17(9-14-31-4)20(27)25-12-10-23(11-13-25)15-18(26)16-7-5-6-8-19(16)29-23/h5-8,17H,9-15H2,1-4H3,(H,24,28). The fourth-order valence-corrected chi connectivity index (χ4v) is 4.49. The van der Waals surface area contributed by atoms with Crippen LogP contribution in [0, 0.1) is 0 Å². The number of hydrogen-bond acceptors (Lipinski definition) is 6. The zero-order chi connectivity index (χ0) is 22.6. The van der Waals surface area contributed by atoms with Crippen LogP contribution in [0.1, 0.15) is 56.8 Å². The highest BCUT2D eigenvalue weighted by Gasteiger charge is 2.44. The van der Waals surface area contributed by atoms with Crippen molar-refractivity contribution in [2.45, 2.75) is 63.7 Å². The van der Waals surface area contributed by atoms with E-state index in [4.69, 9.17) is 9.47 Å². The fourth-order valence-electron chi connectivity index (χ4n) is 4.02. The number of Topliss-reactive ketones (excluding diaryl/α,β-unsaturated/α-hetero) is 1. The third-order valence-electron chi connectivity index (χ3n) is 5.58. The Labute approximate surface area is 188 Å². The normalized spacial score (nSPS) is 18.7. The highest BCUT2D eigenvalue weighted by Crippen LogP contribution is 2.39. The first-order chi connectivity index (χ1) is 14.6. The van der Waals surface area contributed by atoms with Crippen molar-refractivity contribution in [1.82, 2.24) is 10.2 Å². The van der Waals surface area contributed by atoms with Crippen LogP contribution < -0.4 is 10.1 Å². The van der Waals surface area contributed by atoms with Crippen molar-refractivity contribution in [2.75, 3.05) is 25.1 Å². The number of carbonyl (C=O) groups excluding carboxylic acids is 3. The minimum Gasteiger partial charge on any atom is -0.486 e. The number of alkyl carbamates (subject to hydrolysis) is 1. The molecule has 1 aromatic carbocycles. The summed E-state index contributed by atoms with van der Waals surface area (Å²) in [6, 6.07) is 6.69. The molecule has 0 bridgehead atoms. The highest BCUT2D eigenvalue weighted by molar-refractivity contribution is 7.98. The molecule has 7 nitrogen and oxygen atoms in total. The van der Waals surface area contributed by atoms with Gasteiger partial charge in [-0.15, -0.1) is 0 Å². The zero-order valence-electron chi connectivity index (χ0n) is 18.7. The van der Waals surface area contributed by atoms with E-state index in [-0.39, 0.29) is 11.7 Å². The average molecular weight is 449 g/mol. The lowest BCUT2D eigenvalue weighted by atomic mass is 9.82. The summed E-state index contributed by atoms with van der Waals surface area (Å²) in [5.41, 5.74) is -0.559. The van der Waals surface area contributed by atoms with E-state index < -0.39 is 23.3 Å². The minimum atomic E-state index is -0.633. The highest BCUT2D eigenvalue weighted by atomic mass is 32.2. The molecule has 1 unspecified atom stereocenters. The number of nitrogens with one attached hydrogen (secondary N) is 1. The summed E-state index contributed by atoms with van der Waals surface area (Å²) in [4.78, 5) is 39.8. The van der Waals surface area contributed by atoms with Gasteiger partial charge in [-0.1, -0.05) is 12.1 Å². The van der Waals surface area contributed by atoms with E-state index >= 15 is 0 Å². The second-order valence-corrected chi connectivity index (χ2v) is 10.2. The van der Waals surface area contributed by atoms with Gasteiger partial charge in [0.15, 0.2) is 5.78 Å². The molecule has 1 N–H and O–H groups in total. The molecule has 1 spiro atoms. The van der Waals surface area contributed by atoms with Crippen molar-refractivity contribution >= 4 is 29.5 Å². The maximum absolute atomic E-state index is 13.2. The van der Waals surface area contributed by atoms with Gasteiger partial charge in [0.1, 0.15) is 23.0 Å². The Morgan fingerprint density at radius 3 is 2.58 bits per heavy atom. The van der Waals surface area contributed by atoms with Crippen LogP contribution in [0.15, 0.2) is 24.3 Å². The van der Waals surface area contributed by atoms with E-state index in [1.165, 1.54) is 0 Å². The number of rotatable bonds is 5. The summed E-state index contributed by atoms with van der Waals surface area (Å²) in [5.74, 6) is 1.35. The van der Waals surface area contributed by atoms with Gasteiger partial charge in [-0.3, -0.25) is 9.59 Å². The molecule has 1 aromatic rings. The molecule has 1 saturated heterocycles. The number of ketones is 1. The number of nitrogens with zero attached hydrogens (tertiary/aromatic N) is 1. The molecular weight excluding hydrogens is 416 g/mol. The molecule has 8 heteroatoms. The summed E-state index contributed by atoms with van der Waals surface area (Å²) >= 11 is 1.63. The van der Waals surface area contributed by atoms with Gasteiger partial charge in [-0.2, -0.15) is 11.8 Å². The summed E-state index contributed by atoms with van der Waals surface area (Å²) < 4.78 is 11.6. The predicted molar refractivity (Wildman–Crippen MR) is 121 cm³/mol. The van der Waals surface area contributed by atoms with E-state index in [1.807, 2.05) is 24.5 Å². The largest absolute Gasteiger partial charge is 0.486 e. The maximum atomic E-state index is 13.2. The van der Waals surface area contributed by atoms with Gasteiger partial charge in [-0.05, 0) is 51.3 Å².